The molecule has 4 rings (SSSR count). The van der Waals surface area contributed by atoms with Crippen molar-refractivity contribution in [2.45, 2.75) is 69.5 Å². The van der Waals surface area contributed by atoms with Gasteiger partial charge in [0.25, 0.3) is 0 Å². The molecule has 0 radical (unpaired) electrons. The van der Waals surface area contributed by atoms with Gasteiger partial charge in [0, 0.05) is 19.6 Å². The minimum atomic E-state index is -1.08. The predicted octanol–water partition coefficient (Wildman–Crippen LogP) is 1.75. The number of hydrogen-bond acceptors (Lipinski definition) is 5. The molecule has 0 spiro atoms. The number of methoxy groups -OCH3 is 1. The number of nitrogens with zero attached hydrogens (tertiary/aromatic N) is 1. The minimum Gasteiger partial charge on any atom is -0.387 e. The van der Waals surface area contributed by atoms with Gasteiger partial charge in [-0.05, 0) is 42.2 Å². The molecule has 6 heteroatoms. The average molecular weight is 375 g/mol. The van der Waals surface area contributed by atoms with Crippen LogP contribution in [0.3, 0.4) is 0 Å². The fourth-order valence-corrected chi connectivity index (χ4v) is 4.79. The molecule has 0 bridgehead atoms. The number of carbonyl (C=O) groups excluding carboxylic acids is 1. The summed E-state index contributed by atoms with van der Waals surface area (Å²) in [6, 6.07) is 6.35. The van der Waals surface area contributed by atoms with Gasteiger partial charge >= 0.3 is 0 Å². The number of aliphatic hydroxyl groups excluding tert-OH is 2. The molecule has 27 heavy (non-hydrogen) atoms. The molecule has 0 aliphatic carbocycles. The summed E-state index contributed by atoms with van der Waals surface area (Å²) < 4.78 is 10.7. The number of rotatable bonds is 3. The Morgan fingerprint density at radius 2 is 2.07 bits per heavy atom. The van der Waals surface area contributed by atoms with Crippen LogP contribution in [0.15, 0.2) is 18.2 Å². The third-order valence-corrected chi connectivity index (χ3v) is 6.52. The molecule has 2 N–H and O–H groups in total. The van der Waals surface area contributed by atoms with Gasteiger partial charge in [-0.2, -0.15) is 0 Å². The molecule has 1 aromatic rings. The number of carbonyl (C=O) groups is 1. The van der Waals surface area contributed by atoms with Crippen LogP contribution in [0.5, 0.6) is 0 Å². The Bertz CT molecular complexity index is 733. The SMILES string of the molecule is COC1OC(CC2CCc3cccc4c3N(CCC4(C)C)C2=O)C(O)C1O. The molecule has 5 atom stereocenters. The highest BCUT2D eigenvalue weighted by Gasteiger charge is 2.46. The van der Waals surface area contributed by atoms with Gasteiger partial charge in [-0.25, -0.2) is 0 Å². The number of hydrogen-bond donors (Lipinski definition) is 2. The van der Waals surface area contributed by atoms with Crippen molar-refractivity contribution in [1.82, 2.24) is 0 Å². The normalized spacial score (nSPS) is 35.1. The van der Waals surface area contributed by atoms with Crippen LogP contribution in [0, 0.1) is 5.92 Å². The number of aliphatic hydroxyl groups is 2. The van der Waals surface area contributed by atoms with E-state index in [4.69, 9.17) is 9.47 Å². The summed E-state index contributed by atoms with van der Waals surface area (Å²) in [5, 5.41) is 20.3. The second kappa shape index (κ2) is 6.85. The number of anilines is 1. The summed E-state index contributed by atoms with van der Waals surface area (Å²) in [6.45, 7) is 5.19. The highest BCUT2D eigenvalue weighted by atomic mass is 16.7. The number of para-hydroxylation sites is 1. The van der Waals surface area contributed by atoms with Crippen LogP contribution < -0.4 is 4.90 Å². The Kier molecular flexibility index (Phi) is 4.79. The molecule has 1 amide bonds. The van der Waals surface area contributed by atoms with Gasteiger partial charge in [0.1, 0.15) is 12.2 Å². The number of benzene rings is 1. The standard InChI is InChI=1S/C21H29NO5/c1-21(2)9-10-22-16-12(5-4-6-14(16)21)7-8-13(19(22)25)11-15-17(23)18(24)20(26-3)27-15/h4-6,13,15,17-18,20,23-24H,7-11H2,1-3H3. The summed E-state index contributed by atoms with van der Waals surface area (Å²) in [7, 11) is 1.44. The number of aryl methyl sites for hydroxylation is 1. The second-order valence-electron chi connectivity index (χ2n) is 8.67. The molecule has 1 saturated heterocycles. The monoisotopic (exact) mass is 375 g/mol. The topological polar surface area (TPSA) is 79.2 Å². The third kappa shape index (κ3) is 3.09. The third-order valence-electron chi connectivity index (χ3n) is 6.52. The van der Waals surface area contributed by atoms with Crippen molar-refractivity contribution in [3.8, 4) is 0 Å². The minimum absolute atomic E-state index is 0.0580. The van der Waals surface area contributed by atoms with E-state index in [1.165, 1.54) is 18.2 Å². The lowest BCUT2D eigenvalue weighted by atomic mass is 9.76. The lowest BCUT2D eigenvalue weighted by Crippen LogP contribution is -2.44. The number of amides is 1. The molecule has 3 heterocycles. The Morgan fingerprint density at radius 1 is 1.30 bits per heavy atom. The highest BCUT2D eigenvalue weighted by Crippen LogP contribution is 2.44. The predicted molar refractivity (Wildman–Crippen MR) is 101 cm³/mol. The fourth-order valence-electron chi connectivity index (χ4n) is 4.79. The van der Waals surface area contributed by atoms with Gasteiger partial charge < -0.3 is 24.6 Å². The van der Waals surface area contributed by atoms with E-state index in [9.17, 15) is 15.0 Å². The van der Waals surface area contributed by atoms with E-state index in [0.29, 0.717) is 19.4 Å². The van der Waals surface area contributed by atoms with Crippen LogP contribution in [0.1, 0.15) is 44.2 Å². The van der Waals surface area contributed by atoms with Crippen molar-refractivity contribution in [2.24, 2.45) is 5.92 Å². The van der Waals surface area contributed by atoms with Gasteiger partial charge in [0.05, 0.1) is 11.8 Å². The molecule has 1 fully saturated rings. The van der Waals surface area contributed by atoms with Gasteiger partial charge in [-0.3, -0.25) is 4.79 Å². The van der Waals surface area contributed by atoms with Crippen LogP contribution in [-0.4, -0.2) is 54.4 Å². The smallest absolute Gasteiger partial charge is 0.230 e. The molecular weight excluding hydrogens is 346 g/mol. The lowest BCUT2D eigenvalue weighted by Gasteiger charge is -2.40. The molecule has 5 unspecified atom stereocenters. The van der Waals surface area contributed by atoms with E-state index in [0.717, 1.165) is 18.5 Å². The van der Waals surface area contributed by atoms with E-state index >= 15 is 0 Å². The first-order valence-corrected chi connectivity index (χ1v) is 9.81. The summed E-state index contributed by atoms with van der Waals surface area (Å²) in [5.74, 6) is -0.142. The Morgan fingerprint density at radius 3 is 2.78 bits per heavy atom. The van der Waals surface area contributed by atoms with Crippen molar-refractivity contribution in [3.05, 3.63) is 29.3 Å². The molecule has 6 nitrogen and oxygen atoms in total. The maximum Gasteiger partial charge on any atom is 0.230 e. The second-order valence-corrected chi connectivity index (χ2v) is 8.67. The molecule has 1 aromatic carbocycles. The highest BCUT2D eigenvalue weighted by molar-refractivity contribution is 5.98. The van der Waals surface area contributed by atoms with E-state index in [1.807, 2.05) is 4.90 Å². The first-order valence-electron chi connectivity index (χ1n) is 9.81. The molecule has 0 aromatic heterocycles. The first-order chi connectivity index (χ1) is 12.8. The zero-order valence-corrected chi connectivity index (χ0v) is 16.2. The van der Waals surface area contributed by atoms with Crippen LogP contribution in [0.2, 0.25) is 0 Å². The van der Waals surface area contributed by atoms with Crippen molar-refractivity contribution in [1.29, 1.82) is 0 Å². The summed E-state index contributed by atoms with van der Waals surface area (Å²) in [6.07, 6.45) is -0.705. The van der Waals surface area contributed by atoms with Crippen molar-refractivity contribution in [2.75, 3.05) is 18.6 Å². The molecular formula is C21H29NO5. The zero-order valence-electron chi connectivity index (χ0n) is 16.2. The molecule has 3 aliphatic rings. The Labute approximate surface area is 160 Å². The first kappa shape index (κ1) is 18.9. The molecule has 0 saturated carbocycles. The Hall–Kier alpha value is -1.47. The van der Waals surface area contributed by atoms with Crippen molar-refractivity contribution >= 4 is 11.6 Å². The van der Waals surface area contributed by atoms with Crippen LogP contribution >= 0.6 is 0 Å². The summed E-state index contributed by atoms with van der Waals surface area (Å²) in [4.78, 5) is 15.3. The van der Waals surface area contributed by atoms with Crippen molar-refractivity contribution < 1.29 is 24.5 Å². The van der Waals surface area contributed by atoms with Gasteiger partial charge in [0.15, 0.2) is 6.29 Å². The van der Waals surface area contributed by atoms with Crippen LogP contribution in [-0.2, 0) is 26.1 Å². The van der Waals surface area contributed by atoms with Gasteiger partial charge in [-0.15, -0.1) is 0 Å². The quantitative estimate of drug-likeness (QED) is 0.841. The van der Waals surface area contributed by atoms with E-state index in [2.05, 4.69) is 32.0 Å². The Balaban J connectivity index is 1.60. The van der Waals surface area contributed by atoms with Gasteiger partial charge in [-0.1, -0.05) is 32.0 Å². The van der Waals surface area contributed by atoms with Crippen LogP contribution in [0.4, 0.5) is 5.69 Å². The summed E-state index contributed by atoms with van der Waals surface area (Å²) in [5.41, 5.74) is 3.61. The fraction of sp³-hybridized carbons (Fsp3) is 0.667. The number of ether oxygens (including phenoxy) is 2. The van der Waals surface area contributed by atoms with Crippen LogP contribution in [0.25, 0.3) is 0 Å². The largest absolute Gasteiger partial charge is 0.387 e. The summed E-state index contributed by atoms with van der Waals surface area (Å²) >= 11 is 0. The zero-order chi connectivity index (χ0) is 19.3. The van der Waals surface area contributed by atoms with E-state index < -0.39 is 24.6 Å². The lowest BCUT2D eigenvalue weighted by molar-refractivity contribution is -0.152. The average Bonchev–Trinajstić information content (AvgIpc) is 2.84. The van der Waals surface area contributed by atoms with E-state index in [1.54, 1.807) is 0 Å². The maximum atomic E-state index is 13.4. The van der Waals surface area contributed by atoms with Crippen molar-refractivity contribution in [3.63, 3.8) is 0 Å². The molecule has 148 valence electrons. The van der Waals surface area contributed by atoms with E-state index in [-0.39, 0.29) is 17.2 Å². The molecule has 3 aliphatic heterocycles. The van der Waals surface area contributed by atoms with Gasteiger partial charge in [0.2, 0.25) is 5.91 Å². The maximum absolute atomic E-state index is 13.4.